The highest BCUT2D eigenvalue weighted by molar-refractivity contribution is 5.82. The molecule has 0 spiro atoms. The number of ether oxygens (including phenoxy) is 1. The molecule has 2 aliphatic rings. The molecule has 0 saturated carbocycles. The van der Waals surface area contributed by atoms with E-state index < -0.39 is 0 Å². The zero-order valence-electron chi connectivity index (χ0n) is 12.1. The van der Waals surface area contributed by atoms with E-state index in [1.54, 1.807) is 0 Å². The summed E-state index contributed by atoms with van der Waals surface area (Å²) in [5.41, 5.74) is -0.353. The molecule has 0 aromatic rings. The van der Waals surface area contributed by atoms with Crippen molar-refractivity contribution in [2.24, 2.45) is 5.41 Å². The Bertz CT molecular complexity index is 320. The van der Waals surface area contributed by atoms with Gasteiger partial charge in [0.2, 0.25) is 5.91 Å². The predicted octanol–water partition coefficient (Wildman–Crippen LogP) is 1.40. The second kappa shape index (κ2) is 4.82. The van der Waals surface area contributed by atoms with Gasteiger partial charge in [0.1, 0.15) is 0 Å². The van der Waals surface area contributed by atoms with E-state index in [1.165, 1.54) is 0 Å². The van der Waals surface area contributed by atoms with E-state index in [-0.39, 0.29) is 23.0 Å². The number of rotatable bonds is 2. The maximum Gasteiger partial charge on any atom is 0.229 e. The fourth-order valence-corrected chi connectivity index (χ4v) is 2.75. The summed E-state index contributed by atoms with van der Waals surface area (Å²) in [6.45, 7) is 11.4. The molecule has 1 N–H and O–H groups in total. The van der Waals surface area contributed by atoms with Crippen LogP contribution in [0.15, 0.2) is 0 Å². The molecular formula is C14H26N2O2. The molecule has 1 unspecified atom stereocenters. The molecule has 0 aromatic heterocycles. The maximum atomic E-state index is 12.6. The van der Waals surface area contributed by atoms with Crippen molar-refractivity contribution in [1.29, 1.82) is 0 Å². The van der Waals surface area contributed by atoms with Gasteiger partial charge in [-0.3, -0.25) is 4.79 Å². The smallest absolute Gasteiger partial charge is 0.229 e. The average molecular weight is 254 g/mol. The van der Waals surface area contributed by atoms with E-state index in [0.29, 0.717) is 0 Å². The Labute approximate surface area is 110 Å². The van der Waals surface area contributed by atoms with Crippen LogP contribution in [0.3, 0.4) is 0 Å². The predicted molar refractivity (Wildman–Crippen MR) is 71.4 cm³/mol. The maximum absolute atomic E-state index is 12.6. The third-order valence-corrected chi connectivity index (χ3v) is 3.91. The Morgan fingerprint density at radius 2 is 2.11 bits per heavy atom. The van der Waals surface area contributed by atoms with Gasteiger partial charge in [-0.05, 0) is 40.5 Å². The Morgan fingerprint density at radius 3 is 2.72 bits per heavy atom. The summed E-state index contributed by atoms with van der Waals surface area (Å²) in [6, 6.07) is 0. The second-order valence-electron chi connectivity index (χ2n) is 6.94. The van der Waals surface area contributed by atoms with Crippen molar-refractivity contribution in [1.82, 2.24) is 10.2 Å². The Hall–Kier alpha value is -0.610. The Morgan fingerprint density at radius 1 is 1.39 bits per heavy atom. The molecule has 0 aromatic carbocycles. The quantitative estimate of drug-likeness (QED) is 0.810. The van der Waals surface area contributed by atoms with Crippen LogP contribution in [-0.4, -0.2) is 48.7 Å². The summed E-state index contributed by atoms with van der Waals surface area (Å²) in [7, 11) is 0. The van der Waals surface area contributed by atoms with Gasteiger partial charge in [0.05, 0.1) is 11.5 Å². The number of hydrogen-bond donors (Lipinski definition) is 1. The molecule has 104 valence electrons. The van der Waals surface area contributed by atoms with Gasteiger partial charge in [0.15, 0.2) is 0 Å². The lowest BCUT2D eigenvalue weighted by Gasteiger charge is -2.32. The summed E-state index contributed by atoms with van der Waals surface area (Å²) >= 11 is 0. The summed E-state index contributed by atoms with van der Waals surface area (Å²) < 4.78 is 5.67. The van der Waals surface area contributed by atoms with Gasteiger partial charge >= 0.3 is 0 Å². The first-order chi connectivity index (χ1) is 8.30. The lowest BCUT2D eigenvalue weighted by molar-refractivity contribution is -0.140. The highest BCUT2D eigenvalue weighted by atomic mass is 16.5. The van der Waals surface area contributed by atoms with Crippen molar-refractivity contribution < 1.29 is 9.53 Å². The largest absolute Gasteiger partial charge is 0.376 e. The van der Waals surface area contributed by atoms with E-state index in [9.17, 15) is 4.79 Å². The molecule has 1 atom stereocenters. The van der Waals surface area contributed by atoms with Crippen LogP contribution in [0.1, 0.15) is 40.5 Å². The van der Waals surface area contributed by atoms with Crippen molar-refractivity contribution in [3.8, 4) is 0 Å². The molecule has 2 heterocycles. The molecule has 1 amide bonds. The van der Waals surface area contributed by atoms with Crippen LogP contribution >= 0.6 is 0 Å². The summed E-state index contributed by atoms with van der Waals surface area (Å²) in [6.07, 6.45) is 2.44. The molecule has 0 bridgehead atoms. The van der Waals surface area contributed by atoms with E-state index >= 15 is 0 Å². The topological polar surface area (TPSA) is 41.6 Å². The first-order valence-electron chi connectivity index (χ1n) is 6.96. The van der Waals surface area contributed by atoms with Gasteiger partial charge in [-0.25, -0.2) is 0 Å². The molecule has 4 heteroatoms. The van der Waals surface area contributed by atoms with E-state index in [2.05, 4.69) is 19.2 Å². The lowest BCUT2D eigenvalue weighted by atomic mass is 9.92. The van der Waals surface area contributed by atoms with Crippen molar-refractivity contribution in [3.05, 3.63) is 0 Å². The zero-order chi connectivity index (χ0) is 13.4. The number of amides is 1. The number of carbonyl (C=O) groups is 1. The van der Waals surface area contributed by atoms with Crippen LogP contribution in [0, 0.1) is 5.41 Å². The van der Waals surface area contributed by atoms with Gasteiger partial charge in [0, 0.05) is 31.8 Å². The van der Waals surface area contributed by atoms with Gasteiger partial charge in [-0.1, -0.05) is 0 Å². The molecule has 2 fully saturated rings. The van der Waals surface area contributed by atoms with Crippen LogP contribution in [0.25, 0.3) is 0 Å². The van der Waals surface area contributed by atoms with E-state index in [4.69, 9.17) is 4.74 Å². The molecule has 2 saturated heterocycles. The van der Waals surface area contributed by atoms with E-state index in [1.807, 2.05) is 18.7 Å². The zero-order valence-corrected chi connectivity index (χ0v) is 12.1. The normalized spacial score (nSPS) is 31.4. The van der Waals surface area contributed by atoms with Crippen molar-refractivity contribution >= 4 is 5.91 Å². The standard InChI is InChI=1S/C14H26N2O2/c1-13(2)9-15-14(3,4)10-16(12(13)17)8-11-6-5-7-18-11/h11,15H,5-10H2,1-4H3. The first kappa shape index (κ1) is 13.8. The average Bonchev–Trinajstić information content (AvgIpc) is 2.74. The Balaban J connectivity index is 2.10. The third-order valence-electron chi connectivity index (χ3n) is 3.91. The fourth-order valence-electron chi connectivity index (χ4n) is 2.75. The molecule has 4 nitrogen and oxygen atoms in total. The van der Waals surface area contributed by atoms with Gasteiger partial charge < -0.3 is 15.0 Å². The van der Waals surface area contributed by atoms with Crippen LogP contribution < -0.4 is 5.32 Å². The highest BCUT2D eigenvalue weighted by Crippen LogP contribution is 2.26. The van der Waals surface area contributed by atoms with Crippen molar-refractivity contribution in [2.75, 3.05) is 26.2 Å². The first-order valence-corrected chi connectivity index (χ1v) is 6.96. The fraction of sp³-hybridized carbons (Fsp3) is 0.929. The van der Waals surface area contributed by atoms with Crippen molar-refractivity contribution in [3.63, 3.8) is 0 Å². The van der Waals surface area contributed by atoms with Gasteiger partial charge in [0.25, 0.3) is 0 Å². The summed E-state index contributed by atoms with van der Waals surface area (Å²) in [5.74, 6) is 0.246. The van der Waals surface area contributed by atoms with E-state index in [0.717, 1.165) is 39.1 Å². The SMILES string of the molecule is CC1(C)CN(CC2CCCO2)C(=O)C(C)(C)CN1. The van der Waals surface area contributed by atoms with Crippen LogP contribution in [-0.2, 0) is 9.53 Å². The third kappa shape index (κ3) is 3.04. The van der Waals surface area contributed by atoms with Crippen LogP contribution in [0.2, 0.25) is 0 Å². The lowest BCUT2D eigenvalue weighted by Crippen LogP contribution is -2.49. The van der Waals surface area contributed by atoms with Crippen LogP contribution in [0.4, 0.5) is 0 Å². The summed E-state index contributed by atoms with van der Waals surface area (Å²) in [4.78, 5) is 14.6. The summed E-state index contributed by atoms with van der Waals surface area (Å²) in [5, 5.41) is 3.49. The minimum atomic E-state index is -0.327. The molecule has 2 aliphatic heterocycles. The second-order valence-corrected chi connectivity index (χ2v) is 6.94. The number of nitrogens with one attached hydrogen (secondary N) is 1. The molecule has 0 aliphatic carbocycles. The Kier molecular flexibility index (Phi) is 3.70. The minimum Gasteiger partial charge on any atom is -0.376 e. The minimum absolute atomic E-state index is 0.0258. The molecule has 2 rings (SSSR count). The monoisotopic (exact) mass is 254 g/mol. The van der Waals surface area contributed by atoms with Crippen molar-refractivity contribution in [2.45, 2.75) is 52.2 Å². The number of nitrogens with zero attached hydrogens (tertiary/aromatic N) is 1. The molecule has 0 radical (unpaired) electrons. The number of carbonyl (C=O) groups excluding carboxylic acids is 1. The van der Waals surface area contributed by atoms with Crippen LogP contribution in [0.5, 0.6) is 0 Å². The number of hydrogen-bond acceptors (Lipinski definition) is 3. The van der Waals surface area contributed by atoms with Gasteiger partial charge in [-0.2, -0.15) is 0 Å². The molecular weight excluding hydrogens is 228 g/mol. The highest BCUT2D eigenvalue weighted by Gasteiger charge is 2.40. The van der Waals surface area contributed by atoms with Gasteiger partial charge in [-0.15, -0.1) is 0 Å². The molecule has 18 heavy (non-hydrogen) atoms.